The van der Waals surface area contributed by atoms with Crippen LogP contribution in [-0.2, 0) is 11.2 Å². The summed E-state index contributed by atoms with van der Waals surface area (Å²) in [6, 6.07) is 8.56. The van der Waals surface area contributed by atoms with Crippen LogP contribution in [0, 0.1) is 6.92 Å². The lowest BCUT2D eigenvalue weighted by Gasteiger charge is -2.05. The molecule has 0 unspecified atom stereocenters. The third-order valence-corrected chi connectivity index (χ3v) is 3.94. The second-order valence-corrected chi connectivity index (χ2v) is 6.40. The molecule has 0 bridgehead atoms. The zero-order valence-corrected chi connectivity index (χ0v) is 16.4. The van der Waals surface area contributed by atoms with Crippen LogP contribution in [0.5, 0.6) is 0 Å². The molecule has 0 aliphatic carbocycles. The minimum absolute atomic E-state index is 0.206. The van der Waals surface area contributed by atoms with Crippen molar-refractivity contribution in [1.29, 1.82) is 0 Å². The molecule has 1 rings (SSSR count). The summed E-state index contributed by atoms with van der Waals surface area (Å²) in [5.41, 5.74) is 2.59. The zero-order valence-electron chi connectivity index (χ0n) is 16.4. The highest BCUT2D eigenvalue weighted by atomic mass is 16.5. The van der Waals surface area contributed by atoms with Gasteiger partial charge in [0, 0.05) is 6.42 Å². The highest BCUT2D eigenvalue weighted by molar-refractivity contribution is 5.21. The van der Waals surface area contributed by atoms with Gasteiger partial charge >= 0.3 is 0 Å². The number of unbranched alkanes of at least 4 members (excludes halogenated alkanes) is 1. The van der Waals surface area contributed by atoms with E-state index in [1.54, 1.807) is 0 Å². The quantitative estimate of drug-likeness (QED) is 0.200. The Kier molecular flexibility index (Phi) is 13.1. The van der Waals surface area contributed by atoms with E-state index in [4.69, 9.17) is 9.84 Å². The number of ether oxygens (including phenoxy) is 1. The molecule has 142 valence electrons. The summed E-state index contributed by atoms with van der Waals surface area (Å²) in [4.78, 5) is 0. The molecule has 1 aromatic carbocycles. The Balaban J connectivity index is 2.04. The third-order valence-electron chi connectivity index (χ3n) is 3.94. The topological polar surface area (TPSA) is 32.1 Å². The van der Waals surface area contributed by atoms with E-state index in [1.807, 2.05) is 24.3 Å². The van der Waals surface area contributed by atoms with Crippen molar-refractivity contribution in [3.63, 3.8) is 0 Å². The molecule has 0 saturated carbocycles. The lowest BCUT2D eigenvalue weighted by molar-refractivity contribution is 0.100. The molecule has 0 radical (unpaired) electrons. The third kappa shape index (κ3) is 12.5. The number of hydrogen-bond donors (Lipinski definition) is 0. The molecule has 0 aliphatic heterocycles. The molecule has 0 saturated heterocycles. The maximum atomic E-state index is 7.98. The summed E-state index contributed by atoms with van der Waals surface area (Å²) in [7, 11) is 0. The molecule has 0 amide bonds. The zero-order chi connectivity index (χ0) is 18.9. The first-order valence-electron chi connectivity index (χ1n) is 9.71. The fourth-order valence-corrected chi connectivity index (χ4v) is 2.33. The molecule has 1 aromatic rings. The highest BCUT2D eigenvalue weighted by Crippen LogP contribution is 2.04. The van der Waals surface area contributed by atoms with Crippen LogP contribution in [0.25, 0.3) is 0 Å². The van der Waals surface area contributed by atoms with Crippen molar-refractivity contribution in [3.8, 4) is 0 Å². The van der Waals surface area contributed by atoms with E-state index in [1.165, 1.54) is 11.1 Å². The summed E-state index contributed by atoms with van der Waals surface area (Å²) < 4.78 is 5.65. The van der Waals surface area contributed by atoms with Gasteiger partial charge in [0.15, 0.2) is 6.10 Å². The Bertz CT molecular complexity index is 564. The van der Waals surface area contributed by atoms with Gasteiger partial charge in [-0.2, -0.15) is 0 Å². The van der Waals surface area contributed by atoms with E-state index in [9.17, 15) is 0 Å². The molecule has 0 aromatic heterocycles. The van der Waals surface area contributed by atoms with Crippen LogP contribution in [-0.4, -0.2) is 24.4 Å². The van der Waals surface area contributed by atoms with E-state index >= 15 is 0 Å². The van der Waals surface area contributed by atoms with Crippen LogP contribution >= 0.6 is 0 Å². The van der Waals surface area contributed by atoms with Crippen LogP contribution in [0.1, 0.15) is 43.7 Å². The number of aryl methyl sites for hydroxylation is 1. The molecule has 1 atom stereocenters. The predicted octanol–water partition coefficient (Wildman–Crippen LogP) is 5.45. The molecular formula is C24H35O2+. The number of allylic oxidation sites excluding steroid dienone is 7. The fraction of sp³-hybridized carbons (Fsp3) is 0.417. The van der Waals surface area contributed by atoms with Crippen molar-refractivity contribution >= 4 is 0 Å². The molecule has 0 spiro atoms. The van der Waals surface area contributed by atoms with Crippen LogP contribution in [0.4, 0.5) is 0 Å². The van der Waals surface area contributed by atoms with E-state index in [-0.39, 0.29) is 6.10 Å². The van der Waals surface area contributed by atoms with E-state index in [0.29, 0.717) is 6.61 Å². The smallest absolute Gasteiger partial charge is 0.175 e. The van der Waals surface area contributed by atoms with E-state index in [0.717, 1.165) is 38.7 Å². The Morgan fingerprint density at radius 1 is 0.923 bits per heavy atom. The lowest BCUT2D eigenvalue weighted by Crippen LogP contribution is -2.08. The summed E-state index contributed by atoms with van der Waals surface area (Å²) in [5, 5.41) is 7.98. The normalized spacial score (nSPS) is 13.7. The second-order valence-electron chi connectivity index (χ2n) is 6.40. The molecule has 2 N–H and O–H groups in total. The monoisotopic (exact) mass is 355 g/mol. The lowest BCUT2D eigenvalue weighted by atomic mass is 10.1. The minimum Gasteiger partial charge on any atom is -0.440 e. The Labute approximate surface area is 159 Å². The van der Waals surface area contributed by atoms with Gasteiger partial charge in [-0.1, -0.05) is 79.3 Å². The average molecular weight is 356 g/mol. The standard InChI is InChI=1S/C24H34O2/c1-3-4-5-6-7-8-9-10-11-12-13-24(25)19-21-26-20-18-23-16-14-22(2)15-17-23/h4-5,8-17,24-25H,3,6-7,18-21H2,1-2H3/p+1/b5-4-,9-8+,11-10-,13-12+/t24-/m1/s1. The molecule has 0 heterocycles. The summed E-state index contributed by atoms with van der Waals surface area (Å²) in [5.74, 6) is 0. The maximum Gasteiger partial charge on any atom is 0.175 e. The van der Waals surface area contributed by atoms with Crippen molar-refractivity contribution in [2.45, 2.75) is 52.1 Å². The van der Waals surface area contributed by atoms with Crippen molar-refractivity contribution < 1.29 is 9.84 Å². The van der Waals surface area contributed by atoms with Gasteiger partial charge in [0.1, 0.15) is 0 Å². The van der Waals surface area contributed by atoms with E-state index in [2.05, 4.69) is 62.4 Å². The highest BCUT2D eigenvalue weighted by Gasteiger charge is 2.02. The molecule has 2 heteroatoms. The fourth-order valence-electron chi connectivity index (χ4n) is 2.33. The van der Waals surface area contributed by atoms with Crippen molar-refractivity contribution in [1.82, 2.24) is 0 Å². The largest absolute Gasteiger partial charge is 0.440 e. The molecular weight excluding hydrogens is 320 g/mol. The minimum atomic E-state index is -0.206. The van der Waals surface area contributed by atoms with Crippen molar-refractivity contribution in [2.75, 3.05) is 13.2 Å². The number of benzene rings is 1. The Hall–Kier alpha value is -1.90. The SMILES string of the molecule is CC/C=C\CC/C=C/C=C\C=C\[C@@H]([OH2+])CCOCCc1ccc(C)cc1. The Morgan fingerprint density at radius 3 is 2.42 bits per heavy atom. The van der Waals surface area contributed by atoms with Crippen LogP contribution in [0.3, 0.4) is 0 Å². The van der Waals surface area contributed by atoms with Gasteiger partial charge in [-0.25, -0.2) is 0 Å². The van der Waals surface area contributed by atoms with Gasteiger partial charge in [0.05, 0.1) is 13.2 Å². The van der Waals surface area contributed by atoms with Gasteiger partial charge in [-0.05, 0) is 44.2 Å². The summed E-state index contributed by atoms with van der Waals surface area (Å²) in [6.45, 7) is 5.61. The number of rotatable bonds is 13. The van der Waals surface area contributed by atoms with Gasteiger partial charge in [-0.15, -0.1) is 0 Å². The van der Waals surface area contributed by atoms with E-state index < -0.39 is 0 Å². The molecule has 2 nitrogen and oxygen atoms in total. The first kappa shape index (κ1) is 22.1. The first-order valence-corrected chi connectivity index (χ1v) is 9.71. The first-order chi connectivity index (χ1) is 12.7. The second kappa shape index (κ2) is 15.4. The van der Waals surface area contributed by atoms with Crippen LogP contribution in [0.15, 0.2) is 72.9 Å². The molecule has 0 aliphatic rings. The van der Waals surface area contributed by atoms with Gasteiger partial charge in [-0.3, -0.25) is 0 Å². The van der Waals surface area contributed by atoms with Crippen LogP contribution < -0.4 is 0 Å². The summed E-state index contributed by atoms with van der Waals surface area (Å²) in [6.07, 6.45) is 21.3. The molecule has 26 heavy (non-hydrogen) atoms. The van der Waals surface area contributed by atoms with Gasteiger partial charge in [0.2, 0.25) is 0 Å². The predicted molar refractivity (Wildman–Crippen MR) is 114 cm³/mol. The van der Waals surface area contributed by atoms with Crippen molar-refractivity contribution in [2.24, 2.45) is 0 Å². The van der Waals surface area contributed by atoms with Gasteiger partial charge < -0.3 is 9.84 Å². The average Bonchev–Trinajstić information content (AvgIpc) is 2.64. The van der Waals surface area contributed by atoms with Crippen molar-refractivity contribution in [3.05, 3.63) is 84.0 Å². The van der Waals surface area contributed by atoms with Gasteiger partial charge in [0.25, 0.3) is 0 Å². The summed E-state index contributed by atoms with van der Waals surface area (Å²) >= 11 is 0. The number of hydrogen-bond acceptors (Lipinski definition) is 1. The molecule has 0 fully saturated rings. The maximum absolute atomic E-state index is 7.98. The Morgan fingerprint density at radius 2 is 1.65 bits per heavy atom. The van der Waals surface area contributed by atoms with Crippen LogP contribution in [0.2, 0.25) is 0 Å².